The van der Waals surface area contributed by atoms with Crippen LogP contribution in [0.2, 0.25) is 5.02 Å². The molecule has 0 saturated heterocycles. The second kappa shape index (κ2) is 7.73. The molecule has 0 aromatic heterocycles. The number of anilines is 1. The summed E-state index contributed by atoms with van der Waals surface area (Å²) in [5.41, 5.74) is 8.17. The van der Waals surface area contributed by atoms with E-state index in [1.807, 2.05) is 18.2 Å². The Bertz CT molecular complexity index is 391. The molecule has 3 nitrogen and oxygen atoms in total. The Morgan fingerprint density at radius 1 is 1.21 bits per heavy atom. The van der Waals surface area contributed by atoms with E-state index in [4.69, 9.17) is 17.3 Å². The molecule has 1 aromatic carbocycles. The van der Waals surface area contributed by atoms with Gasteiger partial charge in [0.15, 0.2) is 0 Å². The van der Waals surface area contributed by atoms with Crippen LogP contribution in [0.4, 0.5) is 5.69 Å². The third-order valence-corrected chi connectivity index (χ3v) is 3.25. The highest BCUT2D eigenvalue weighted by molar-refractivity contribution is 6.30. The highest BCUT2D eigenvalue weighted by Gasteiger charge is 2.13. The number of benzene rings is 1. The summed E-state index contributed by atoms with van der Waals surface area (Å²) in [4.78, 5) is 4.58. The van der Waals surface area contributed by atoms with Crippen LogP contribution in [-0.4, -0.2) is 38.6 Å². The maximum Gasteiger partial charge on any atom is 0.0427 e. The standard InChI is InChI=1S/C15H26ClN3/c1-12(2)11-19(8-7-18(3)4)15-9-14(16)6-5-13(15)10-17/h5-6,9,12H,7-8,10-11,17H2,1-4H3. The molecule has 1 aromatic rings. The Labute approximate surface area is 122 Å². The quantitative estimate of drug-likeness (QED) is 0.835. The number of nitrogens with two attached hydrogens (primary N) is 1. The Hall–Kier alpha value is -0.770. The number of rotatable bonds is 7. The van der Waals surface area contributed by atoms with E-state index in [1.54, 1.807) is 0 Å². The van der Waals surface area contributed by atoms with Crippen LogP contribution in [0, 0.1) is 5.92 Å². The summed E-state index contributed by atoms with van der Waals surface area (Å²) >= 11 is 6.14. The minimum absolute atomic E-state index is 0.545. The van der Waals surface area contributed by atoms with Crippen LogP contribution in [-0.2, 0) is 6.54 Å². The third-order valence-electron chi connectivity index (χ3n) is 3.01. The molecule has 0 aliphatic rings. The summed E-state index contributed by atoms with van der Waals surface area (Å²) in [5, 5.41) is 0.769. The smallest absolute Gasteiger partial charge is 0.0427 e. The van der Waals surface area contributed by atoms with Gasteiger partial charge in [-0.25, -0.2) is 0 Å². The van der Waals surface area contributed by atoms with Gasteiger partial charge in [-0.3, -0.25) is 0 Å². The topological polar surface area (TPSA) is 32.5 Å². The first kappa shape index (κ1) is 16.3. The van der Waals surface area contributed by atoms with Gasteiger partial charge in [-0.1, -0.05) is 31.5 Å². The first-order valence-electron chi connectivity index (χ1n) is 6.82. The summed E-state index contributed by atoms with van der Waals surface area (Å²) in [6.07, 6.45) is 0. The van der Waals surface area contributed by atoms with Crippen LogP contribution in [0.25, 0.3) is 0 Å². The molecule has 108 valence electrons. The minimum atomic E-state index is 0.545. The minimum Gasteiger partial charge on any atom is -0.370 e. The lowest BCUT2D eigenvalue weighted by molar-refractivity contribution is 0.409. The van der Waals surface area contributed by atoms with Crippen molar-refractivity contribution in [2.45, 2.75) is 20.4 Å². The van der Waals surface area contributed by atoms with Crippen molar-refractivity contribution in [1.82, 2.24) is 4.90 Å². The van der Waals surface area contributed by atoms with Crippen molar-refractivity contribution in [2.75, 3.05) is 38.6 Å². The highest BCUT2D eigenvalue weighted by atomic mass is 35.5. The molecule has 0 radical (unpaired) electrons. The Balaban J connectivity index is 2.97. The van der Waals surface area contributed by atoms with Gasteiger partial charge in [0.1, 0.15) is 0 Å². The summed E-state index contributed by atoms with van der Waals surface area (Å²) in [6, 6.07) is 5.97. The molecule has 19 heavy (non-hydrogen) atoms. The van der Waals surface area contributed by atoms with Crippen LogP contribution >= 0.6 is 11.6 Å². The number of hydrogen-bond donors (Lipinski definition) is 1. The number of halogens is 1. The van der Waals surface area contributed by atoms with E-state index < -0.39 is 0 Å². The highest BCUT2D eigenvalue weighted by Crippen LogP contribution is 2.25. The van der Waals surface area contributed by atoms with Crippen molar-refractivity contribution in [3.8, 4) is 0 Å². The average Bonchev–Trinajstić information content (AvgIpc) is 2.33. The molecule has 0 unspecified atom stereocenters. The molecular weight excluding hydrogens is 258 g/mol. The van der Waals surface area contributed by atoms with Crippen molar-refractivity contribution >= 4 is 17.3 Å². The molecule has 0 spiro atoms. The average molecular weight is 284 g/mol. The fourth-order valence-electron chi connectivity index (χ4n) is 2.08. The lowest BCUT2D eigenvalue weighted by atomic mass is 10.1. The van der Waals surface area contributed by atoms with Gasteiger partial charge in [0.25, 0.3) is 0 Å². The summed E-state index contributed by atoms with van der Waals surface area (Å²) in [5.74, 6) is 0.603. The Morgan fingerprint density at radius 2 is 1.89 bits per heavy atom. The SMILES string of the molecule is CC(C)CN(CCN(C)C)c1cc(Cl)ccc1CN. The zero-order valence-electron chi connectivity index (χ0n) is 12.5. The van der Waals surface area contributed by atoms with Crippen molar-refractivity contribution in [2.24, 2.45) is 11.7 Å². The fraction of sp³-hybridized carbons (Fsp3) is 0.600. The van der Waals surface area contributed by atoms with E-state index in [9.17, 15) is 0 Å². The zero-order valence-corrected chi connectivity index (χ0v) is 13.2. The Kier molecular flexibility index (Phi) is 6.63. The van der Waals surface area contributed by atoms with E-state index in [-0.39, 0.29) is 0 Å². The van der Waals surface area contributed by atoms with Gasteiger partial charge < -0.3 is 15.5 Å². The van der Waals surface area contributed by atoms with Gasteiger partial charge in [0.2, 0.25) is 0 Å². The number of nitrogens with zero attached hydrogens (tertiary/aromatic N) is 2. The largest absolute Gasteiger partial charge is 0.370 e. The predicted molar refractivity (Wildman–Crippen MR) is 84.9 cm³/mol. The van der Waals surface area contributed by atoms with Gasteiger partial charge in [0, 0.05) is 36.9 Å². The van der Waals surface area contributed by atoms with Crippen LogP contribution in [0.15, 0.2) is 18.2 Å². The fourth-order valence-corrected chi connectivity index (χ4v) is 2.24. The first-order valence-corrected chi connectivity index (χ1v) is 7.20. The maximum atomic E-state index is 6.14. The molecule has 0 bridgehead atoms. The van der Waals surface area contributed by atoms with Crippen molar-refractivity contribution in [1.29, 1.82) is 0 Å². The molecule has 0 saturated carbocycles. The van der Waals surface area contributed by atoms with Crippen LogP contribution in [0.1, 0.15) is 19.4 Å². The lowest BCUT2D eigenvalue weighted by Crippen LogP contribution is -2.35. The van der Waals surface area contributed by atoms with Gasteiger partial charge in [-0.2, -0.15) is 0 Å². The van der Waals surface area contributed by atoms with E-state index >= 15 is 0 Å². The molecule has 4 heteroatoms. The molecule has 0 fully saturated rings. The molecule has 1 rings (SSSR count). The van der Waals surface area contributed by atoms with Crippen LogP contribution in [0.5, 0.6) is 0 Å². The lowest BCUT2D eigenvalue weighted by Gasteiger charge is -2.30. The van der Waals surface area contributed by atoms with Crippen molar-refractivity contribution in [3.05, 3.63) is 28.8 Å². The summed E-state index contributed by atoms with van der Waals surface area (Å²) in [6.45, 7) is 8.02. The molecule has 2 N–H and O–H groups in total. The number of likely N-dealkylation sites (N-methyl/N-ethyl adjacent to an activating group) is 1. The van der Waals surface area contributed by atoms with Crippen molar-refractivity contribution in [3.63, 3.8) is 0 Å². The van der Waals surface area contributed by atoms with Gasteiger partial charge in [-0.05, 0) is 37.7 Å². The second-order valence-electron chi connectivity index (χ2n) is 5.62. The summed E-state index contributed by atoms with van der Waals surface area (Å²) < 4.78 is 0. The molecule has 0 aliphatic heterocycles. The molecular formula is C15H26ClN3. The molecule has 0 heterocycles. The molecule has 0 atom stereocenters. The van der Waals surface area contributed by atoms with E-state index in [1.165, 1.54) is 5.69 Å². The van der Waals surface area contributed by atoms with Crippen LogP contribution in [0.3, 0.4) is 0 Å². The predicted octanol–water partition coefficient (Wildman–Crippen LogP) is 2.82. The zero-order chi connectivity index (χ0) is 14.4. The summed E-state index contributed by atoms with van der Waals surface area (Å²) in [7, 11) is 4.19. The van der Waals surface area contributed by atoms with E-state index in [0.29, 0.717) is 12.5 Å². The third kappa shape index (κ3) is 5.39. The maximum absolute atomic E-state index is 6.14. The van der Waals surface area contributed by atoms with E-state index in [0.717, 1.165) is 30.2 Å². The second-order valence-corrected chi connectivity index (χ2v) is 6.06. The first-order chi connectivity index (χ1) is 8.93. The van der Waals surface area contributed by atoms with Crippen molar-refractivity contribution < 1.29 is 0 Å². The van der Waals surface area contributed by atoms with Crippen LogP contribution < -0.4 is 10.6 Å². The number of hydrogen-bond acceptors (Lipinski definition) is 3. The monoisotopic (exact) mass is 283 g/mol. The molecule has 0 amide bonds. The van der Waals surface area contributed by atoms with Gasteiger partial charge >= 0.3 is 0 Å². The Morgan fingerprint density at radius 3 is 2.42 bits per heavy atom. The van der Waals surface area contributed by atoms with E-state index in [2.05, 4.69) is 37.7 Å². The van der Waals surface area contributed by atoms with Gasteiger partial charge in [0.05, 0.1) is 0 Å². The molecule has 0 aliphatic carbocycles. The van der Waals surface area contributed by atoms with Gasteiger partial charge in [-0.15, -0.1) is 0 Å². The normalized spacial score (nSPS) is 11.4.